The molecule has 1 heterocycles. The Bertz CT molecular complexity index is 371. The van der Waals surface area contributed by atoms with E-state index in [0.29, 0.717) is 0 Å². The zero-order chi connectivity index (χ0) is 10.1. The van der Waals surface area contributed by atoms with Crippen LogP contribution in [0.3, 0.4) is 0 Å². The monoisotopic (exact) mass is 252 g/mol. The smallest absolute Gasteiger partial charge is 0.0597 e. The molecule has 0 N–H and O–H groups in total. The minimum absolute atomic E-state index is 0.943. The fourth-order valence-corrected chi connectivity index (χ4v) is 2.19. The van der Waals surface area contributed by atoms with E-state index in [0.717, 1.165) is 11.0 Å². The van der Waals surface area contributed by atoms with Gasteiger partial charge in [-0.3, -0.25) is 0 Å². The van der Waals surface area contributed by atoms with Crippen LogP contribution < -0.4 is 0 Å². The second kappa shape index (κ2) is 3.75. The van der Waals surface area contributed by atoms with E-state index >= 15 is 0 Å². The van der Waals surface area contributed by atoms with Crippen molar-refractivity contribution in [2.45, 2.75) is 6.54 Å². The summed E-state index contributed by atoms with van der Waals surface area (Å²) in [6, 6.07) is 8.46. The lowest BCUT2D eigenvalue weighted by Gasteiger charge is -2.32. The maximum Gasteiger partial charge on any atom is 0.0597 e. The number of hydrogen-bond acceptors (Lipinski definition) is 2. The van der Waals surface area contributed by atoms with Crippen LogP contribution in [0.2, 0.25) is 0 Å². The zero-order valence-corrected chi connectivity index (χ0v) is 9.95. The van der Waals surface area contributed by atoms with Gasteiger partial charge in [-0.05, 0) is 27.1 Å². The summed E-state index contributed by atoms with van der Waals surface area (Å²) in [4.78, 5) is 0. The second-order valence-corrected chi connectivity index (χ2v) is 4.43. The molecule has 1 aromatic rings. The first-order valence-electron chi connectivity index (χ1n) is 4.58. The lowest BCUT2D eigenvalue weighted by molar-refractivity contribution is 0.0732. The van der Waals surface area contributed by atoms with Crippen LogP contribution in [-0.2, 0) is 6.54 Å². The largest absolute Gasteiger partial charge is 0.308 e. The third-order valence-corrected chi connectivity index (χ3v) is 3.02. The molecular weight excluding hydrogens is 240 g/mol. The molecule has 3 heteroatoms. The molecule has 0 amide bonds. The van der Waals surface area contributed by atoms with E-state index < -0.39 is 0 Å². The van der Waals surface area contributed by atoms with Crippen LogP contribution in [-0.4, -0.2) is 24.1 Å². The summed E-state index contributed by atoms with van der Waals surface area (Å²) in [5.74, 6) is 0. The number of nitrogens with zero attached hydrogens (tertiary/aromatic N) is 2. The summed E-state index contributed by atoms with van der Waals surface area (Å²) in [6.07, 6.45) is 2.11. The highest BCUT2D eigenvalue weighted by Gasteiger charge is 2.15. The Labute approximate surface area is 92.9 Å². The maximum atomic E-state index is 3.59. The van der Waals surface area contributed by atoms with E-state index in [1.807, 2.05) is 14.1 Å². The summed E-state index contributed by atoms with van der Waals surface area (Å²) in [6.45, 7) is 0.943. The first kappa shape index (κ1) is 9.74. The van der Waals surface area contributed by atoms with E-state index in [9.17, 15) is 0 Å². The van der Waals surface area contributed by atoms with E-state index in [1.165, 1.54) is 11.1 Å². The van der Waals surface area contributed by atoms with Gasteiger partial charge in [0.1, 0.15) is 0 Å². The summed E-state index contributed by atoms with van der Waals surface area (Å²) < 4.78 is 1.15. The summed E-state index contributed by atoms with van der Waals surface area (Å²) >= 11 is 3.59. The van der Waals surface area contributed by atoms with Gasteiger partial charge >= 0.3 is 0 Å². The molecule has 0 spiro atoms. The molecule has 0 atom stereocenters. The molecule has 0 aliphatic carbocycles. The Morgan fingerprint density at radius 2 is 2.00 bits per heavy atom. The number of hydrogen-bond donors (Lipinski definition) is 0. The van der Waals surface area contributed by atoms with Gasteiger partial charge in [0, 0.05) is 24.8 Å². The van der Waals surface area contributed by atoms with Crippen LogP contribution in [0.5, 0.6) is 0 Å². The molecule has 14 heavy (non-hydrogen) atoms. The van der Waals surface area contributed by atoms with Crippen molar-refractivity contribution in [3.8, 4) is 0 Å². The first-order chi connectivity index (χ1) is 6.68. The highest BCUT2D eigenvalue weighted by atomic mass is 79.9. The fourth-order valence-electron chi connectivity index (χ4n) is 1.57. The number of fused-ring (bicyclic) bond motifs is 1. The Balaban J connectivity index is 2.39. The topological polar surface area (TPSA) is 6.48 Å². The van der Waals surface area contributed by atoms with Gasteiger partial charge in [-0.15, -0.1) is 0 Å². The van der Waals surface area contributed by atoms with E-state index in [1.54, 1.807) is 0 Å². The predicted octanol–water partition coefficient (Wildman–Crippen LogP) is 2.67. The average molecular weight is 253 g/mol. The third-order valence-electron chi connectivity index (χ3n) is 2.38. The van der Waals surface area contributed by atoms with Gasteiger partial charge in [0.25, 0.3) is 0 Å². The zero-order valence-electron chi connectivity index (χ0n) is 8.37. The van der Waals surface area contributed by atoms with Crippen LogP contribution in [0.4, 0.5) is 0 Å². The molecule has 2 rings (SSSR count). The van der Waals surface area contributed by atoms with Crippen molar-refractivity contribution in [1.82, 2.24) is 10.0 Å². The second-order valence-electron chi connectivity index (χ2n) is 3.58. The number of benzene rings is 1. The highest BCUT2D eigenvalue weighted by molar-refractivity contribution is 9.15. The number of halogens is 1. The van der Waals surface area contributed by atoms with Crippen molar-refractivity contribution in [1.29, 1.82) is 0 Å². The molecule has 74 valence electrons. The van der Waals surface area contributed by atoms with Gasteiger partial charge in [0.2, 0.25) is 0 Å². The van der Waals surface area contributed by atoms with Gasteiger partial charge in [0.15, 0.2) is 0 Å². The molecule has 0 radical (unpaired) electrons. The Morgan fingerprint density at radius 3 is 2.71 bits per heavy atom. The van der Waals surface area contributed by atoms with Gasteiger partial charge in [0.05, 0.1) is 6.54 Å². The van der Waals surface area contributed by atoms with Crippen molar-refractivity contribution in [3.05, 3.63) is 41.6 Å². The van der Waals surface area contributed by atoms with Crippen LogP contribution in [0.1, 0.15) is 11.1 Å². The predicted molar refractivity (Wildman–Crippen MR) is 62.6 cm³/mol. The molecule has 2 nitrogen and oxygen atoms in total. The van der Waals surface area contributed by atoms with Crippen molar-refractivity contribution in [2.75, 3.05) is 14.1 Å². The number of rotatable bonds is 1. The van der Waals surface area contributed by atoms with Gasteiger partial charge in [-0.2, -0.15) is 0 Å². The molecule has 0 fully saturated rings. The quantitative estimate of drug-likeness (QED) is 0.759. The van der Waals surface area contributed by atoms with Crippen LogP contribution >= 0.6 is 15.9 Å². The first-order valence-corrected chi connectivity index (χ1v) is 5.37. The molecular formula is C11H13BrN2. The normalized spacial score (nSPS) is 15.4. The van der Waals surface area contributed by atoms with Crippen LogP contribution in [0.15, 0.2) is 30.5 Å². The fraction of sp³-hybridized carbons (Fsp3) is 0.273. The molecule has 1 aromatic carbocycles. The Hall–Kier alpha value is -0.800. The lowest BCUT2D eigenvalue weighted by atomic mass is 10.1. The van der Waals surface area contributed by atoms with Crippen molar-refractivity contribution in [3.63, 3.8) is 0 Å². The lowest BCUT2D eigenvalue weighted by Crippen LogP contribution is -2.33. The minimum atomic E-state index is 0.943. The Morgan fingerprint density at radius 1 is 1.29 bits per heavy atom. The Kier molecular flexibility index (Phi) is 2.61. The van der Waals surface area contributed by atoms with Gasteiger partial charge < -0.3 is 5.01 Å². The average Bonchev–Trinajstić information content (AvgIpc) is 2.17. The summed E-state index contributed by atoms with van der Waals surface area (Å²) in [5, 5.41) is 4.25. The molecule has 1 aliphatic rings. The van der Waals surface area contributed by atoms with Crippen molar-refractivity contribution in [2.24, 2.45) is 0 Å². The van der Waals surface area contributed by atoms with Crippen molar-refractivity contribution < 1.29 is 0 Å². The molecule has 0 aromatic heterocycles. The molecule has 0 bridgehead atoms. The molecule has 1 aliphatic heterocycles. The van der Waals surface area contributed by atoms with E-state index in [4.69, 9.17) is 0 Å². The molecule has 0 saturated heterocycles. The maximum absolute atomic E-state index is 3.59. The third kappa shape index (κ3) is 1.70. The van der Waals surface area contributed by atoms with E-state index in [2.05, 4.69) is 56.4 Å². The summed E-state index contributed by atoms with van der Waals surface area (Å²) in [5.41, 5.74) is 2.65. The van der Waals surface area contributed by atoms with Crippen LogP contribution in [0, 0.1) is 0 Å². The number of hydrazine groups is 1. The van der Waals surface area contributed by atoms with Gasteiger partial charge in [-0.25, -0.2) is 5.01 Å². The highest BCUT2D eigenvalue weighted by Crippen LogP contribution is 2.30. The van der Waals surface area contributed by atoms with Crippen molar-refractivity contribution >= 4 is 20.4 Å². The molecule has 0 saturated carbocycles. The van der Waals surface area contributed by atoms with Gasteiger partial charge in [-0.1, -0.05) is 24.3 Å². The molecule has 0 unspecified atom stereocenters. The summed E-state index contributed by atoms with van der Waals surface area (Å²) in [7, 11) is 4.09. The van der Waals surface area contributed by atoms with Crippen LogP contribution in [0.25, 0.3) is 4.48 Å². The standard InChI is InChI=1S/C11H13BrN2/c1-13(2)14-7-9-5-3-4-6-10(9)11(12)8-14/h3-6,8H,7H2,1-2H3. The van der Waals surface area contributed by atoms with E-state index in [-0.39, 0.29) is 0 Å². The minimum Gasteiger partial charge on any atom is -0.308 e. The SMILES string of the molecule is CN(C)N1C=C(Br)c2ccccc2C1.